The quantitative estimate of drug-likeness (QED) is 0.343. The van der Waals surface area contributed by atoms with Gasteiger partial charge in [0, 0.05) is 27.1 Å². The van der Waals surface area contributed by atoms with Crippen molar-refractivity contribution in [3.63, 3.8) is 0 Å². The van der Waals surface area contributed by atoms with Gasteiger partial charge in [0.05, 0.1) is 23.2 Å². The summed E-state index contributed by atoms with van der Waals surface area (Å²) in [4.78, 5) is 17.5. The van der Waals surface area contributed by atoms with Crippen molar-refractivity contribution >= 4 is 33.0 Å². The van der Waals surface area contributed by atoms with Crippen LogP contribution < -0.4 is 10.3 Å². The molecule has 0 saturated carbocycles. The van der Waals surface area contributed by atoms with E-state index in [9.17, 15) is 4.79 Å². The molecule has 0 fully saturated rings. The number of ether oxygens (including phenoxy) is 1. The first-order valence-electron chi connectivity index (χ1n) is 10.4. The Kier molecular flexibility index (Phi) is 6.02. The molecule has 0 unspecified atom stereocenters. The zero-order chi connectivity index (χ0) is 23.0. The minimum Gasteiger partial charge on any atom is -0.491 e. The van der Waals surface area contributed by atoms with Gasteiger partial charge in [0.2, 0.25) is 0 Å². The van der Waals surface area contributed by atoms with Crippen LogP contribution >= 0.6 is 15.9 Å². The van der Waals surface area contributed by atoms with E-state index >= 15 is 0 Å². The van der Waals surface area contributed by atoms with Gasteiger partial charge in [-0.2, -0.15) is 9.78 Å². The average Bonchev–Trinajstić information content (AvgIpc) is 3.02. The molecule has 0 N–H and O–H groups in total. The summed E-state index contributed by atoms with van der Waals surface area (Å²) in [6, 6.07) is 15.6. The standard InChI is InChI=1S/C25H25BrN4O2/c1-15(2)32-22-9-7-21(8-10-22)29-16(3)12-19(17(29)4)14-27-30-18(5)28-24-11-6-20(26)13-23(24)25(30)31/h6-15H,1-5H3. The van der Waals surface area contributed by atoms with E-state index < -0.39 is 0 Å². The molecule has 0 aliphatic carbocycles. The molecule has 32 heavy (non-hydrogen) atoms. The fraction of sp³-hybridized carbons (Fsp3) is 0.240. The van der Waals surface area contributed by atoms with Gasteiger partial charge in [0.15, 0.2) is 0 Å². The van der Waals surface area contributed by atoms with Gasteiger partial charge in [-0.3, -0.25) is 4.79 Å². The summed E-state index contributed by atoms with van der Waals surface area (Å²) in [5, 5.41) is 5.00. The van der Waals surface area contributed by atoms with Crippen molar-refractivity contribution in [1.82, 2.24) is 14.2 Å². The number of halogens is 1. The first-order chi connectivity index (χ1) is 15.2. The Balaban J connectivity index is 1.70. The summed E-state index contributed by atoms with van der Waals surface area (Å²) in [6.07, 6.45) is 1.85. The van der Waals surface area contributed by atoms with Crippen molar-refractivity contribution in [2.24, 2.45) is 5.10 Å². The number of aromatic nitrogens is 3. The molecule has 0 bridgehead atoms. The second kappa shape index (κ2) is 8.74. The van der Waals surface area contributed by atoms with E-state index in [1.165, 1.54) is 4.68 Å². The highest BCUT2D eigenvalue weighted by Gasteiger charge is 2.11. The van der Waals surface area contributed by atoms with Crippen molar-refractivity contribution in [3.8, 4) is 11.4 Å². The van der Waals surface area contributed by atoms with Gasteiger partial charge in [-0.05, 0) is 83.1 Å². The van der Waals surface area contributed by atoms with Crippen molar-refractivity contribution < 1.29 is 4.74 Å². The number of hydrogen-bond acceptors (Lipinski definition) is 4. The molecule has 2 heterocycles. The summed E-state index contributed by atoms with van der Waals surface area (Å²) in [5.74, 6) is 1.38. The fourth-order valence-corrected chi connectivity index (χ4v) is 4.14. The van der Waals surface area contributed by atoms with Crippen LogP contribution in [0.4, 0.5) is 0 Å². The lowest BCUT2D eigenvalue weighted by Crippen LogP contribution is -2.20. The molecule has 0 amide bonds. The first-order valence-corrected chi connectivity index (χ1v) is 11.2. The Morgan fingerprint density at radius 1 is 1.06 bits per heavy atom. The third kappa shape index (κ3) is 4.25. The molecule has 7 heteroatoms. The summed E-state index contributed by atoms with van der Waals surface area (Å²) in [5.41, 5.74) is 4.55. The molecule has 2 aromatic heterocycles. The van der Waals surface area contributed by atoms with Crippen LogP contribution in [-0.2, 0) is 0 Å². The van der Waals surface area contributed by atoms with Crippen LogP contribution in [0.2, 0.25) is 0 Å². The molecule has 164 valence electrons. The molecule has 4 rings (SSSR count). The molecule has 0 spiro atoms. The number of benzene rings is 2. The van der Waals surface area contributed by atoms with Crippen molar-refractivity contribution in [2.45, 2.75) is 40.7 Å². The van der Waals surface area contributed by atoms with Gasteiger partial charge in [-0.15, -0.1) is 0 Å². The lowest BCUT2D eigenvalue weighted by molar-refractivity contribution is 0.242. The number of nitrogens with zero attached hydrogens (tertiary/aromatic N) is 4. The fourth-order valence-electron chi connectivity index (χ4n) is 3.78. The molecule has 2 aromatic carbocycles. The Morgan fingerprint density at radius 2 is 1.78 bits per heavy atom. The predicted molar refractivity (Wildman–Crippen MR) is 132 cm³/mol. The monoisotopic (exact) mass is 492 g/mol. The molecule has 0 atom stereocenters. The minimum atomic E-state index is -0.195. The Hall–Kier alpha value is -3.19. The summed E-state index contributed by atoms with van der Waals surface area (Å²) in [6.45, 7) is 9.89. The van der Waals surface area contributed by atoms with Gasteiger partial charge >= 0.3 is 0 Å². The van der Waals surface area contributed by atoms with Gasteiger partial charge in [-0.25, -0.2) is 4.98 Å². The van der Waals surface area contributed by atoms with Crippen LogP contribution in [0.5, 0.6) is 5.75 Å². The minimum absolute atomic E-state index is 0.135. The maximum Gasteiger partial charge on any atom is 0.282 e. The highest BCUT2D eigenvalue weighted by atomic mass is 79.9. The molecule has 4 aromatic rings. The normalized spacial score (nSPS) is 11.7. The van der Waals surface area contributed by atoms with E-state index in [2.05, 4.69) is 43.6 Å². The SMILES string of the molecule is Cc1cc(C=Nn2c(C)nc3ccc(Br)cc3c2=O)c(C)n1-c1ccc(OC(C)C)cc1. The Morgan fingerprint density at radius 3 is 2.47 bits per heavy atom. The zero-order valence-corrected chi connectivity index (χ0v) is 20.3. The van der Waals surface area contributed by atoms with Crippen LogP contribution in [0.3, 0.4) is 0 Å². The van der Waals surface area contributed by atoms with Crippen molar-refractivity contribution in [2.75, 3.05) is 0 Å². The maximum absolute atomic E-state index is 13.0. The Bertz CT molecular complexity index is 1380. The largest absolute Gasteiger partial charge is 0.491 e. The van der Waals surface area contributed by atoms with Crippen LogP contribution in [0.25, 0.3) is 16.6 Å². The van der Waals surface area contributed by atoms with Gasteiger partial charge in [-0.1, -0.05) is 15.9 Å². The lowest BCUT2D eigenvalue weighted by Gasteiger charge is -2.13. The van der Waals surface area contributed by atoms with E-state index in [1.54, 1.807) is 19.2 Å². The van der Waals surface area contributed by atoms with Crippen LogP contribution in [0, 0.1) is 20.8 Å². The second-order valence-electron chi connectivity index (χ2n) is 8.00. The van der Waals surface area contributed by atoms with Gasteiger partial charge in [0.25, 0.3) is 5.56 Å². The summed E-state index contributed by atoms with van der Waals surface area (Å²) >= 11 is 3.42. The lowest BCUT2D eigenvalue weighted by atomic mass is 10.2. The topological polar surface area (TPSA) is 61.4 Å². The molecule has 0 radical (unpaired) electrons. The highest BCUT2D eigenvalue weighted by molar-refractivity contribution is 9.10. The Labute approximate surface area is 195 Å². The third-order valence-electron chi connectivity index (χ3n) is 5.22. The maximum atomic E-state index is 13.0. The zero-order valence-electron chi connectivity index (χ0n) is 18.8. The van der Waals surface area contributed by atoms with Crippen LogP contribution in [-0.4, -0.2) is 26.5 Å². The van der Waals surface area contributed by atoms with Crippen LogP contribution in [0.15, 0.2) is 62.9 Å². The molecule has 0 aliphatic rings. The van der Waals surface area contributed by atoms with Crippen molar-refractivity contribution in [3.05, 3.63) is 86.1 Å². The van der Waals surface area contributed by atoms with Gasteiger partial charge < -0.3 is 9.30 Å². The van der Waals surface area contributed by atoms with E-state index in [1.807, 2.05) is 57.2 Å². The van der Waals surface area contributed by atoms with E-state index in [-0.39, 0.29) is 11.7 Å². The molecular weight excluding hydrogens is 468 g/mol. The molecule has 0 saturated heterocycles. The van der Waals surface area contributed by atoms with E-state index in [4.69, 9.17) is 4.74 Å². The van der Waals surface area contributed by atoms with E-state index in [0.29, 0.717) is 16.7 Å². The number of hydrogen-bond donors (Lipinski definition) is 0. The summed E-state index contributed by atoms with van der Waals surface area (Å²) < 4.78 is 10.1. The van der Waals surface area contributed by atoms with E-state index in [0.717, 1.165) is 32.9 Å². The number of rotatable bonds is 5. The van der Waals surface area contributed by atoms with Crippen molar-refractivity contribution in [1.29, 1.82) is 0 Å². The number of fused-ring (bicyclic) bond motifs is 1. The highest BCUT2D eigenvalue weighted by Crippen LogP contribution is 2.23. The first kappa shape index (κ1) is 22.0. The molecular formula is C25H25BrN4O2. The smallest absolute Gasteiger partial charge is 0.282 e. The molecule has 6 nitrogen and oxygen atoms in total. The number of aryl methyl sites for hydroxylation is 2. The molecule has 0 aliphatic heterocycles. The second-order valence-corrected chi connectivity index (χ2v) is 8.92. The third-order valence-corrected chi connectivity index (χ3v) is 5.71. The summed E-state index contributed by atoms with van der Waals surface area (Å²) in [7, 11) is 0. The van der Waals surface area contributed by atoms with Crippen LogP contribution in [0.1, 0.15) is 36.6 Å². The average molecular weight is 493 g/mol. The predicted octanol–water partition coefficient (Wildman–Crippen LogP) is 5.54. The van der Waals surface area contributed by atoms with Gasteiger partial charge in [0.1, 0.15) is 11.6 Å².